The number of aryl methyl sites for hydroxylation is 2. The number of nitrogens with zero attached hydrogens (tertiary/aromatic N) is 3. The zero-order valence-electron chi connectivity index (χ0n) is 18.2. The van der Waals surface area contributed by atoms with Gasteiger partial charge in [0, 0.05) is 17.0 Å². The summed E-state index contributed by atoms with van der Waals surface area (Å²) in [6.07, 6.45) is 10.4. The van der Waals surface area contributed by atoms with Crippen molar-refractivity contribution in [2.24, 2.45) is 0 Å². The van der Waals surface area contributed by atoms with E-state index in [1.54, 1.807) is 11.3 Å². The Morgan fingerprint density at radius 1 is 1.06 bits per heavy atom. The number of thioether (sulfide) groups is 1. The first kappa shape index (κ1) is 22.4. The van der Waals surface area contributed by atoms with E-state index < -0.39 is 9.84 Å². The SMILES string of the molecule is Nc1nc(SCC(=O)N(C2CCCCC2)[C@H]2CCS(=O)(=O)C2)nc2sc3c(c12)CCCC3. The van der Waals surface area contributed by atoms with Crippen molar-refractivity contribution in [1.82, 2.24) is 14.9 Å². The van der Waals surface area contributed by atoms with Gasteiger partial charge < -0.3 is 10.6 Å². The van der Waals surface area contributed by atoms with Crippen molar-refractivity contribution < 1.29 is 13.2 Å². The molecule has 0 bridgehead atoms. The van der Waals surface area contributed by atoms with Crippen molar-refractivity contribution in [3.05, 3.63) is 10.4 Å². The second-order valence-electron chi connectivity index (χ2n) is 9.22. The second kappa shape index (κ2) is 9.10. The number of nitrogens with two attached hydrogens (primary N) is 1. The number of sulfone groups is 1. The highest BCUT2D eigenvalue weighted by Gasteiger charge is 2.38. The van der Waals surface area contributed by atoms with Crippen LogP contribution >= 0.6 is 23.1 Å². The molecule has 32 heavy (non-hydrogen) atoms. The lowest BCUT2D eigenvalue weighted by Gasteiger charge is -2.38. The summed E-state index contributed by atoms with van der Waals surface area (Å²) in [5.41, 5.74) is 7.63. The Bertz CT molecular complexity index is 1130. The fraction of sp³-hybridized carbons (Fsp3) is 0.682. The largest absolute Gasteiger partial charge is 0.383 e. The minimum Gasteiger partial charge on any atom is -0.383 e. The maximum atomic E-state index is 13.3. The fourth-order valence-electron chi connectivity index (χ4n) is 5.49. The topological polar surface area (TPSA) is 106 Å². The van der Waals surface area contributed by atoms with Crippen LogP contribution in [0.25, 0.3) is 10.2 Å². The Balaban J connectivity index is 1.34. The molecule has 10 heteroatoms. The molecule has 2 fully saturated rings. The molecule has 1 saturated carbocycles. The van der Waals surface area contributed by atoms with E-state index in [-0.39, 0.29) is 35.2 Å². The third-order valence-electron chi connectivity index (χ3n) is 7.00. The average molecular weight is 495 g/mol. The number of rotatable bonds is 5. The van der Waals surface area contributed by atoms with Gasteiger partial charge in [-0.15, -0.1) is 11.3 Å². The molecule has 174 valence electrons. The fourth-order valence-corrected chi connectivity index (χ4v) is 9.25. The summed E-state index contributed by atoms with van der Waals surface area (Å²) in [5.74, 6) is 0.993. The van der Waals surface area contributed by atoms with Crippen LogP contribution in [-0.4, -0.2) is 58.5 Å². The predicted octanol–water partition coefficient (Wildman–Crippen LogP) is 3.59. The number of nitrogen functional groups attached to an aromatic ring is 1. The van der Waals surface area contributed by atoms with Crippen LogP contribution in [0.5, 0.6) is 0 Å². The molecule has 1 atom stereocenters. The van der Waals surface area contributed by atoms with Crippen molar-refractivity contribution in [3.8, 4) is 0 Å². The van der Waals surface area contributed by atoms with Gasteiger partial charge in [0.15, 0.2) is 15.0 Å². The van der Waals surface area contributed by atoms with Crippen molar-refractivity contribution in [3.63, 3.8) is 0 Å². The van der Waals surface area contributed by atoms with Gasteiger partial charge >= 0.3 is 0 Å². The summed E-state index contributed by atoms with van der Waals surface area (Å²) in [5, 5.41) is 1.53. The molecule has 3 aliphatic rings. The minimum absolute atomic E-state index is 0.00302. The smallest absolute Gasteiger partial charge is 0.233 e. The normalized spacial score (nSPS) is 23.3. The minimum atomic E-state index is -3.05. The maximum Gasteiger partial charge on any atom is 0.233 e. The standard InChI is InChI=1S/C22H30N4O3S3/c23-20-19-16-8-4-5-9-17(16)31-21(19)25-22(24-20)30-12-18(27)26(14-6-2-1-3-7-14)15-10-11-32(28,29)13-15/h14-15H,1-13H2,(H2,23,24,25)/t15-/m0/s1. The van der Waals surface area contributed by atoms with Crippen molar-refractivity contribution in [2.75, 3.05) is 23.0 Å². The molecule has 0 unspecified atom stereocenters. The van der Waals surface area contributed by atoms with Crippen LogP contribution in [-0.2, 0) is 27.5 Å². The van der Waals surface area contributed by atoms with Crippen LogP contribution in [0.3, 0.4) is 0 Å². The summed E-state index contributed by atoms with van der Waals surface area (Å²) in [6.45, 7) is 0. The molecule has 3 heterocycles. The second-order valence-corrected chi connectivity index (χ2v) is 13.5. The molecule has 0 aromatic carbocycles. The van der Waals surface area contributed by atoms with E-state index in [1.807, 2.05) is 4.90 Å². The number of thiophene rings is 1. The average Bonchev–Trinajstić information content (AvgIpc) is 3.33. The number of anilines is 1. The molecule has 2 aliphatic carbocycles. The lowest BCUT2D eigenvalue weighted by molar-refractivity contribution is -0.133. The van der Waals surface area contributed by atoms with Gasteiger partial charge in [0.1, 0.15) is 10.6 Å². The van der Waals surface area contributed by atoms with Gasteiger partial charge in [-0.1, -0.05) is 31.0 Å². The zero-order chi connectivity index (χ0) is 22.3. The van der Waals surface area contributed by atoms with Gasteiger partial charge in [0.05, 0.1) is 22.6 Å². The molecule has 7 nitrogen and oxygen atoms in total. The highest BCUT2D eigenvalue weighted by molar-refractivity contribution is 7.99. The van der Waals surface area contributed by atoms with E-state index in [0.29, 0.717) is 17.4 Å². The van der Waals surface area contributed by atoms with E-state index >= 15 is 0 Å². The molecule has 2 aromatic heterocycles. The van der Waals surface area contributed by atoms with Crippen LogP contribution in [0.15, 0.2) is 5.16 Å². The molecular weight excluding hydrogens is 464 g/mol. The Labute approximate surface area is 197 Å². The van der Waals surface area contributed by atoms with Crippen molar-refractivity contribution in [2.45, 2.75) is 81.4 Å². The number of aromatic nitrogens is 2. The Morgan fingerprint density at radius 3 is 2.59 bits per heavy atom. The van der Waals surface area contributed by atoms with Crippen molar-refractivity contribution in [1.29, 1.82) is 0 Å². The van der Waals surface area contributed by atoms with E-state index in [2.05, 4.69) is 4.98 Å². The number of hydrogen-bond acceptors (Lipinski definition) is 8. The summed E-state index contributed by atoms with van der Waals surface area (Å²) in [7, 11) is -3.05. The predicted molar refractivity (Wildman–Crippen MR) is 130 cm³/mol. The Morgan fingerprint density at radius 2 is 1.84 bits per heavy atom. The molecule has 1 amide bonds. The van der Waals surface area contributed by atoms with E-state index in [9.17, 15) is 13.2 Å². The third kappa shape index (κ3) is 4.50. The van der Waals surface area contributed by atoms with E-state index in [1.165, 1.54) is 41.5 Å². The van der Waals surface area contributed by atoms with Gasteiger partial charge in [0.2, 0.25) is 5.91 Å². The summed E-state index contributed by atoms with van der Waals surface area (Å²) < 4.78 is 24.2. The third-order valence-corrected chi connectivity index (χ3v) is 10.8. The molecule has 2 aromatic rings. The lowest BCUT2D eigenvalue weighted by atomic mass is 9.93. The summed E-state index contributed by atoms with van der Waals surface area (Å²) in [4.78, 5) is 26.8. The molecule has 5 rings (SSSR count). The highest BCUT2D eigenvalue weighted by Crippen LogP contribution is 2.38. The van der Waals surface area contributed by atoms with Crippen LogP contribution in [0.4, 0.5) is 5.82 Å². The van der Waals surface area contributed by atoms with Gasteiger partial charge in [-0.2, -0.15) is 0 Å². The first-order chi connectivity index (χ1) is 15.4. The van der Waals surface area contributed by atoms with Crippen LogP contribution in [0.2, 0.25) is 0 Å². The summed E-state index contributed by atoms with van der Waals surface area (Å²) in [6, 6.07) is -0.0543. The number of fused-ring (bicyclic) bond motifs is 3. The van der Waals surface area contributed by atoms with E-state index in [0.717, 1.165) is 48.7 Å². The molecule has 0 spiro atoms. The number of carbonyl (C=O) groups excluding carboxylic acids is 1. The van der Waals surface area contributed by atoms with Gasteiger partial charge in [-0.3, -0.25) is 4.79 Å². The lowest BCUT2D eigenvalue weighted by Crippen LogP contribution is -2.49. The quantitative estimate of drug-likeness (QED) is 0.500. The molecule has 2 N–H and O–H groups in total. The zero-order valence-corrected chi connectivity index (χ0v) is 20.7. The van der Waals surface area contributed by atoms with Gasteiger partial charge in [0.25, 0.3) is 0 Å². The highest BCUT2D eigenvalue weighted by atomic mass is 32.2. The van der Waals surface area contributed by atoms with Crippen LogP contribution in [0, 0.1) is 0 Å². The number of carbonyl (C=O) groups is 1. The van der Waals surface area contributed by atoms with E-state index in [4.69, 9.17) is 10.7 Å². The number of amides is 1. The number of hydrogen-bond donors (Lipinski definition) is 1. The Hall–Kier alpha value is -1.39. The molecule has 0 radical (unpaired) electrons. The first-order valence-corrected chi connectivity index (χ1v) is 15.3. The van der Waals surface area contributed by atoms with Crippen molar-refractivity contribution >= 4 is 54.9 Å². The molecule has 1 saturated heterocycles. The van der Waals surface area contributed by atoms with Crippen LogP contribution < -0.4 is 5.73 Å². The molecule has 1 aliphatic heterocycles. The Kier molecular flexibility index (Phi) is 6.37. The first-order valence-electron chi connectivity index (χ1n) is 11.6. The summed E-state index contributed by atoms with van der Waals surface area (Å²) >= 11 is 3.02. The van der Waals surface area contributed by atoms with Gasteiger partial charge in [-0.05, 0) is 50.5 Å². The molecular formula is C22H30N4O3S3. The van der Waals surface area contributed by atoms with Crippen LogP contribution in [0.1, 0.15) is 61.8 Å². The maximum absolute atomic E-state index is 13.3. The van der Waals surface area contributed by atoms with Gasteiger partial charge in [-0.25, -0.2) is 18.4 Å². The monoisotopic (exact) mass is 494 g/mol.